The highest BCUT2D eigenvalue weighted by atomic mass is 16.7. The van der Waals surface area contributed by atoms with E-state index >= 15 is 0 Å². The van der Waals surface area contributed by atoms with E-state index in [4.69, 9.17) is 18.3 Å². The van der Waals surface area contributed by atoms with Gasteiger partial charge in [0.15, 0.2) is 5.58 Å². The molecule has 0 saturated carbocycles. The van der Waals surface area contributed by atoms with Crippen LogP contribution in [0.5, 0.6) is 11.5 Å². The zero-order chi connectivity index (χ0) is 25.7. The van der Waals surface area contributed by atoms with E-state index in [-0.39, 0.29) is 43.8 Å². The predicted molar refractivity (Wildman–Crippen MR) is 129 cm³/mol. The second kappa shape index (κ2) is 7.40. The Hall–Kier alpha value is -3.70. The van der Waals surface area contributed by atoms with Crippen LogP contribution >= 0.6 is 0 Å². The van der Waals surface area contributed by atoms with E-state index in [0.717, 1.165) is 0 Å². The first-order valence-electron chi connectivity index (χ1n) is 11.3. The Balaban J connectivity index is 1.70. The van der Waals surface area contributed by atoms with Crippen LogP contribution < -0.4 is 16.0 Å². The van der Waals surface area contributed by atoms with Crippen molar-refractivity contribution in [1.82, 2.24) is 0 Å². The first kappa shape index (κ1) is 22.7. The first-order chi connectivity index (χ1) is 17.0. The fourth-order valence-electron chi connectivity index (χ4n) is 5.17. The molecule has 3 heterocycles. The quantitative estimate of drug-likeness (QED) is 0.163. The summed E-state index contributed by atoms with van der Waals surface area (Å²) in [6, 6.07) is 7.76. The molecule has 1 fully saturated rings. The maximum atomic E-state index is 13.1. The second-order valence-electron chi connectivity index (χ2n) is 9.46. The molecule has 1 aliphatic rings. The van der Waals surface area contributed by atoms with E-state index in [0.29, 0.717) is 10.9 Å². The average molecular weight is 494 g/mol. The van der Waals surface area contributed by atoms with Crippen molar-refractivity contribution in [3.05, 3.63) is 56.7 Å². The number of phenols is 1. The third-order valence-corrected chi connectivity index (χ3v) is 7.15. The van der Waals surface area contributed by atoms with Crippen molar-refractivity contribution in [1.29, 1.82) is 0 Å². The molecule has 0 spiro atoms. The van der Waals surface area contributed by atoms with Crippen LogP contribution in [0.2, 0.25) is 0 Å². The third-order valence-electron chi connectivity index (χ3n) is 7.15. The van der Waals surface area contributed by atoms with Crippen LogP contribution in [0, 0.1) is 6.92 Å². The van der Waals surface area contributed by atoms with Crippen molar-refractivity contribution in [3.8, 4) is 11.5 Å². The van der Waals surface area contributed by atoms with Crippen LogP contribution in [0.25, 0.3) is 43.5 Å². The van der Waals surface area contributed by atoms with Crippen LogP contribution in [-0.4, -0.2) is 50.6 Å². The minimum absolute atomic E-state index is 0.0143. The van der Waals surface area contributed by atoms with E-state index < -0.39 is 47.2 Å². The molecule has 0 amide bonds. The molecule has 2 aromatic heterocycles. The number of aliphatic hydroxyl groups is 3. The SMILES string of the molecule is Cc1ccc2oc(=O)c3c(O)c4cccc(O[C@@H]5O[C@H](C)[C@H](O)[C@](C)(O)[C@H]5O)c4c4oc(=O)c1c2c34. The number of aryl methyl sites for hydroxylation is 1. The molecule has 10 heteroatoms. The summed E-state index contributed by atoms with van der Waals surface area (Å²) in [7, 11) is 0. The van der Waals surface area contributed by atoms with Crippen LogP contribution in [0.4, 0.5) is 0 Å². The van der Waals surface area contributed by atoms with E-state index in [1.807, 2.05) is 0 Å². The van der Waals surface area contributed by atoms with Gasteiger partial charge in [0.2, 0.25) is 6.29 Å². The Morgan fingerprint density at radius 3 is 2.39 bits per heavy atom. The lowest BCUT2D eigenvalue weighted by molar-refractivity contribution is -0.300. The van der Waals surface area contributed by atoms with Gasteiger partial charge in [-0.2, -0.15) is 0 Å². The van der Waals surface area contributed by atoms with Crippen molar-refractivity contribution in [2.24, 2.45) is 0 Å². The van der Waals surface area contributed by atoms with Crippen molar-refractivity contribution < 1.29 is 38.7 Å². The summed E-state index contributed by atoms with van der Waals surface area (Å²) in [5.41, 5.74) is -2.67. The summed E-state index contributed by atoms with van der Waals surface area (Å²) >= 11 is 0. The molecule has 4 N–H and O–H groups in total. The molecule has 6 rings (SSSR count). The van der Waals surface area contributed by atoms with Gasteiger partial charge < -0.3 is 38.7 Å². The lowest BCUT2D eigenvalue weighted by atomic mass is 9.86. The second-order valence-corrected chi connectivity index (χ2v) is 9.46. The molecular formula is C26H22O10. The van der Waals surface area contributed by atoms with Gasteiger partial charge in [0.05, 0.1) is 16.9 Å². The number of ether oxygens (including phenoxy) is 2. The van der Waals surface area contributed by atoms with E-state index in [2.05, 4.69) is 0 Å². The normalized spacial score (nSPS) is 26.9. The zero-order valence-electron chi connectivity index (χ0n) is 19.4. The predicted octanol–water partition coefficient (Wildman–Crippen LogP) is 2.25. The topological polar surface area (TPSA) is 160 Å². The molecular weight excluding hydrogens is 472 g/mol. The number of hydrogen-bond acceptors (Lipinski definition) is 10. The Bertz CT molecular complexity index is 1800. The van der Waals surface area contributed by atoms with Crippen molar-refractivity contribution in [2.45, 2.75) is 51.0 Å². The maximum absolute atomic E-state index is 13.1. The van der Waals surface area contributed by atoms with E-state index in [9.17, 15) is 30.0 Å². The molecule has 3 aromatic carbocycles. The van der Waals surface area contributed by atoms with E-state index in [1.165, 1.54) is 32.0 Å². The minimum atomic E-state index is -1.94. The fourth-order valence-corrected chi connectivity index (χ4v) is 5.17. The summed E-state index contributed by atoms with van der Waals surface area (Å²) in [6.07, 6.45) is -5.31. The Morgan fingerprint density at radius 2 is 1.64 bits per heavy atom. The lowest BCUT2D eigenvalue weighted by Crippen LogP contribution is -2.65. The number of benzene rings is 3. The van der Waals surface area contributed by atoms with Gasteiger partial charge in [-0.25, -0.2) is 9.59 Å². The number of phenolic OH excluding ortho intramolecular Hbond substituents is 1. The zero-order valence-corrected chi connectivity index (χ0v) is 19.4. The first-order valence-corrected chi connectivity index (χ1v) is 11.3. The largest absolute Gasteiger partial charge is 0.506 e. The standard InChI is InChI=1S/C26H22O10/c1-9-7-8-13-16-14(9)23(30)36-20-15-11(19(27)18(17(16)20)24(31)34-13)5-4-6-12(15)35-25-22(29)26(3,32)21(28)10(2)33-25/h4-8,10,21-22,25,27-29,32H,1-3H3/t10-,21+,22+,25+,26+/m1/s1. The van der Waals surface area contributed by atoms with Gasteiger partial charge in [-0.1, -0.05) is 18.2 Å². The van der Waals surface area contributed by atoms with Gasteiger partial charge in [0.25, 0.3) is 0 Å². The molecule has 0 aliphatic carbocycles. The Morgan fingerprint density at radius 1 is 0.917 bits per heavy atom. The summed E-state index contributed by atoms with van der Waals surface area (Å²) in [4.78, 5) is 26.0. The summed E-state index contributed by atoms with van der Waals surface area (Å²) < 4.78 is 22.7. The number of aliphatic hydroxyl groups excluding tert-OH is 2. The number of rotatable bonds is 2. The highest BCUT2D eigenvalue weighted by Gasteiger charge is 2.52. The van der Waals surface area contributed by atoms with Gasteiger partial charge in [-0.05, 0) is 38.5 Å². The lowest BCUT2D eigenvalue weighted by Gasteiger charge is -2.45. The van der Waals surface area contributed by atoms with Crippen molar-refractivity contribution in [3.63, 3.8) is 0 Å². The molecule has 5 atom stereocenters. The van der Waals surface area contributed by atoms with Gasteiger partial charge in [0, 0.05) is 16.2 Å². The molecule has 0 unspecified atom stereocenters. The van der Waals surface area contributed by atoms with Crippen LogP contribution in [0.3, 0.4) is 0 Å². The summed E-state index contributed by atoms with van der Waals surface area (Å²) in [6.45, 7) is 4.50. The highest BCUT2D eigenvalue weighted by Crippen LogP contribution is 2.45. The Labute approximate surface area is 201 Å². The molecule has 1 saturated heterocycles. The third kappa shape index (κ3) is 2.86. The molecule has 36 heavy (non-hydrogen) atoms. The fraction of sp³-hybridized carbons (Fsp3) is 0.308. The number of hydrogen-bond donors (Lipinski definition) is 4. The molecule has 0 bridgehead atoms. The van der Waals surface area contributed by atoms with E-state index in [1.54, 1.807) is 19.1 Å². The van der Waals surface area contributed by atoms with Crippen LogP contribution in [0.1, 0.15) is 19.4 Å². The smallest absolute Gasteiger partial charge is 0.348 e. The van der Waals surface area contributed by atoms with Crippen molar-refractivity contribution in [2.75, 3.05) is 0 Å². The molecule has 0 radical (unpaired) electrons. The highest BCUT2D eigenvalue weighted by molar-refractivity contribution is 6.28. The van der Waals surface area contributed by atoms with Crippen LogP contribution in [0.15, 0.2) is 48.8 Å². The molecule has 186 valence electrons. The van der Waals surface area contributed by atoms with Crippen LogP contribution in [-0.2, 0) is 4.74 Å². The van der Waals surface area contributed by atoms with Gasteiger partial charge in [0.1, 0.15) is 40.3 Å². The maximum Gasteiger partial charge on any atom is 0.348 e. The number of fused-ring (bicyclic) bond motifs is 2. The summed E-state index contributed by atoms with van der Waals surface area (Å²) in [5.74, 6) is -0.343. The number of aromatic hydroxyl groups is 1. The van der Waals surface area contributed by atoms with Crippen molar-refractivity contribution >= 4 is 43.5 Å². The summed E-state index contributed by atoms with van der Waals surface area (Å²) in [5, 5.41) is 43.6. The Kier molecular flexibility index (Phi) is 4.68. The van der Waals surface area contributed by atoms with Gasteiger partial charge in [-0.15, -0.1) is 0 Å². The molecule has 5 aromatic rings. The molecule has 10 nitrogen and oxygen atoms in total. The minimum Gasteiger partial charge on any atom is -0.506 e. The monoisotopic (exact) mass is 494 g/mol. The molecule has 1 aliphatic heterocycles. The van der Waals surface area contributed by atoms with Gasteiger partial charge in [-0.3, -0.25) is 0 Å². The van der Waals surface area contributed by atoms with Gasteiger partial charge >= 0.3 is 11.3 Å². The average Bonchev–Trinajstić information content (AvgIpc) is 2.83.